The molecule has 0 radical (unpaired) electrons. The number of nitrogens with zero attached hydrogens (tertiary/aromatic N) is 4. The van der Waals surface area contributed by atoms with Crippen LogP contribution in [0.2, 0.25) is 0 Å². The molecule has 1 fully saturated rings. The van der Waals surface area contributed by atoms with E-state index in [2.05, 4.69) is 69.0 Å². The standard InChI is InChI=1S/C25H29N5/c1-5-11-30-12-10-19-20(13-26)23(29)25(15-27,16-28)22(21(19)14-30)17-6-8-18(9-7-17)24(2,3)4/h6-10,20-22,29H,5,11-12,14H2,1-4H3/t20?,21-,22-/m0/s1. The van der Waals surface area contributed by atoms with E-state index in [1.165, 1.54) is 5.56 Å². The SMILES string of the molecule is CCCN1CC=C2C(C#N)C(=N)C(C#N)(C#N)[C@@H](c3ccc(C(C)(C)C)cc3)[C@H]2C1. The number of nitriles is 3. The van der Waals surface area contributed by atoms with Gasteiger partial charge in [-0.25, -0.2) is 0 Å². The van der Waals surface area contributed by atoms with Crippen molar-refractivity contribution in [2.45, 2.75) is 45.4 Å². The third kappa shape index (κ3) is 3.43. The van der Waals surface area contributed by atoms with E-state index in [-0.39, 0.29) is 17.0 Å². The molecule has 154 valence electrons. The normalized spacial score (nSPS) is 26.0. The Kier molecular flexibility index (Phi) is 5.85. The van der Waals surface area contributed by atoms with Gasteiger partial charge in [-0.3, -0.25) is 4.90 Å². The maximum absolute atomic E-state index is 10.1. The van der Waals surface area contributed by atoms with Crippen LogP contribution in [0.25, 0.3) is 0 Å². The van der Waals surface area contributed by atoms with Crippen LogP contribution in [0, 0.1) is 56.7 Å². The molecule has 1 aliphatic heterocycles. The minimum absolute atomic E-state index is 0.000913. The molecule has 1 unspecified atom stereocenters. The van der Waals surface area contributed by atoms with Gasteiger partial charge in [-0.2, -0.15) is 15.8 Å². The Morgan fingerprint density at radius 1 is 1.13 bits per heavy atom. The smallest absolute Gasteiger partial charge is 0.189 e. The lowest BCUT2D eigenvalue weighted by atomic mass is 9.54. The fourth-order valence-electron chi connectivity index (χ4n) is 4.93. The highest BCUT2D eigenvalue weighted by Gasteiger charge is 2.57. The Morgan fingerprint density at radius 2 is 1.77 bits per heavy atom. The highest BCUT2D eigenvalue weighted by Crippen LogP contribution is 2.53. The van der Waals surface area contributed by atoms with E-state index >= 15 is 0 Å². The second-order valence-electron chi connectivity index (χ2n) is 9.43. The summed E-state index contributed by atoms with van der Waals surface area (Å²) in [6, 6.07) is 14.7. The van der Waals surface area contributed by atoms with Gasteiger partial charge >= 0.3 is 0 Å². The van der Waals surface area contributed by atoms with E-state index in [9.17, 15) is 15.8 Å². The van der Waals surface area contributed by atoms with Gasteiger partial charge in [0.05, 0.1) is 23.9 Å². The van der Waals surface area contributed by atoms with Crippen molar-refractivity contribution in [1.29, 1.82) is 21.2 Å². The average molecular weight is 400 g/mol. The van der Waals surface area contributed by atoms with Crippen molar-refractivity contribution < 1.29 is 0 Å². The molecule has 1 aliphatic carbocycles. The van der Waals surface area contributed by atoms with Gasteiger partial charge in [-0.05, 0) is 35.1 Å². The number of hydrogen-bond acceptors (Lipinski definition) is 5. The van der Waals surface area contributed by atoms with Gasteiger partial charge in [0.25, 0.3) is 0 Å². The van der Waals surface area contributed by atoms with Crippen LogP contribution in [0.5, 0.6) is 0 Å². The van der Waals surface area contributed by atoms with Gasteiger partial charge in [0.2, 0.25) is 0 Å². The van der Waals surface area contributed by atoms with Crippen molar-refractivity contribution in [3.05, 3.63) is 47.0 Å². The third-order valence-electron chi connectivity index (χ3n) is 6.54. The molecule has 1 saturated carbocycles. The number of hydrogen-bond donors (Lipinski definition) is 1. The maximum Gasteiger partial charge on any atom is 0.189 e. The molecule has 5 heteroatoms. The minimum Gasteiger partial charge on any atom is -0.305 e. The average Bonchev–Trinajstić information content (AvgIpc) is 2.73. The van der Waals surface area contributed by atoms with E-state index in [0.29, 0.717) is 6.54 Å². The van der Waals surface area contributed by atoms with E-state index in [1.807, 2.05) is 12.1 Å². The Morgan fingerprint density at radius 3 is 2.27 bits per heavy atom. The lowest BCUT2D eigenvalue weighted by Crippen LogP contribution is -2.52. The summed E-state index contributed by atoms with van der Waals surface area (Å²) >= 11 is 0. The molecule has 0 saturated heterocycles. The number of benzene rings is 1. The number of nitrogens with one attached hydrogen (secondary N) is 1. The van der Waals surface area contributed by atoms with Crippen molar-refractivity contribution in [3.8, 4) is 18.2 Å². The molecule has 1 heterocycles. The molecule has 2 aliphatic rings. The van der Waals surface area contributed by atoms with Crippen LogP contribution in [0.4, 0.5) is 0 Å². The summed E-state index contributed by atoms with van der Waals surface area (Å²) in [7, 11) is 0. The molecule has 0 spiro atoms. The topological polar surface area (TPSA) is 98.5 Å². The van der Waals surface area contributed by atoms with Crippen LogP contribution in [-0.2, 0) is 5.41 Å². The first-order chi connectivity index (χ1) is 14.2. The quantitative estimate of drug-likeness (QED) is 0.754. The largest absolute Gasteiger partial charge is 0.305 e. The second-order valence-corrected chi connectivity index (χ2v) is 9.43. The molecule has 30 heavy (non-hydrogen) atoms. The van der Waals surface area contributed by atoms with Gasteiger partial charge < -0.3 is 5.41 Å². The predicted octanol–water partition coefficient (Wildman–Crippen LogP) is 4.54. The Labute approximate surface area is 179 Å². The molecule has 0 bridgehead atoms. The van der Waals surface area contributed by atoms with E-state index in [0.717, 1.165) is 30.6 Å². The van der Waals surface area contributed by atoms with Crippen LogP contribution >= 0.6 is 0 Å². The van der Waals surface area contributed by atoms with Crippen molar-refractivity contribution in [3.63, 3.8) is 0 Å². The number of fused-ring (bicyclic) bond motifs is 1. The lowest BCUT2D eigenvalue weighted by molar-refractivity contribution is 0.204. The van der Waals surface area contributed by atoms with Gasteiger partial charge in [0.15, 0.2) is 5.41 Å². The Hall–Kier alpha value is -2.94. The number of rotatable bonds is 3. The fourth-order valence-corrected chi connectivity index (χ4v) is 4.93. The summed E-state index contributed by atoms with van der Waals surface area (Å²) in [5, 5.41) is 38.8. The molecule has 1 aromatic carbocycles. The molecular weight excluding hydrogens is 370 g/mol. The molecule has 1 N–H and O–H groups in total. The molecule has 0 aromatic heterocycles. The van der Waals surface area contributed by atoms with Crippen LogP contribution in [0.1, 0.15) is 51.2 Å². The zero-order chi connectivity index (χ0) is 22.1. The summed E-state index contributed by atoms with van der Waals surface area (Å²) in [5.74, 6) is -1.41. The van der Waals surface area contributed by atoms with Crippen molar-refractivity contribution >= 4 is 5.71 Å². The van der Waals surface area contributed by atoms with Crippen LogP contribution in [0.15, 0.2) is 35.9 Å². The third-order valence-corrected chi connectivity index (χ3v) is 6.54. The first-order valence-corrected chi connectivity index (χ1v) is 10.6. The van der Waals surface area contributed by atoms with E-state index in [1.54, 1.807) is 0 Å². The fraction of sp³-hybridized carbons (Fsp3) is 0.520. The van der Waals surface area contributed by atoms with Crippen LogP contribution in [-0.4, -0.2) is 30.2 Å². The van der Waals surface area contributed by atoms with Crippen molar-refractivity contribution in [1.82, 2.24) is 4.90 Å². The summed E-state index contributed by atoms with van der Waals surface area (Å²) in [5.41, 5.74) is 1.26. The van der Waals surface area contributed by atoms with Crippen molar-refractivity contribution in [2.24, 2.45) is 17.3 Å². The van der Waals surface area contributed by atoms with Gasteiger partial charge in [0.1, 0.15) is 5.92 Å². The molecule has 3 rings (SSSR count). The highest BCUT2D eigenvalue weighted by molar-refractivity contribution is 6.00. The highest BCUT2D eigenvalue weighted by atomic mass is 15.1. The van der Waals surface area contributed by atoms with Gasteiger partial charge in [-0.1, -0.05) is 58.0 Å². The Balaban J connectivity index is 2.18. The molecule has 5 nitrogen and oxygen atoms in total. The van der Waals surface area contributed by atoms with Crippen LogP contribution in [0.3, 0.4) is 0 Å². The molecular formula is C25H29N5. The molecule has 0 amide bonds. The minimum atomic E-state index is -1.64. The van der Waals surface area contributed by atoms with Crippen LogP contribution < -0.4 is 0 Å². The van der Waals surface area contributed by atoms with Crippen molar-refractivity contribution in [2.75, 3.05) is 19.6 Å². The second kappa shape index (κ2) is 8.06. The summed E-state index contributed by atoms with van der Waals surface area (Å²) < 4.78 is 0. The molecule has 1 aromatic rings. The van der Waals surface area contributed by atoms with E-state index in [4.69, 9.17) is 5.41 Å². The monoisotopic (exact) mass is 399 g/mol. The summed E-state index contributed by atoms with van der Waals surface area (Å²) in [4.78, 5) is 2.31. The first-order valence-electron chi connectivity index (χ1n) is 10.6. The molecule has 3 atom stereocenters. The summed E-state index contributed by atoms with van der Waals surface area (Å²) in [6.07, 6.45) is 3.07. The van der Waals surface area contributed by atoms with Gasteiger partial charge in [0, 0.05) is 24.9 Å². The summed E-state index contributed by atoms with van der Waals surface area (Å²) in [6.45, 7) is 10.9. The maximum atomic E-state index is 10.1. The zero-order valence-corrected chi connectivity index (χ0v) is 18.2. The zero-order valence-electron chi connectivity index (χ0n) is 18.2. The van der Waals surface area contributed by atoms with E-state index < -0.39 is 17.3 Å². The Bertz CT molecular complexity index is 961. The lowest BCUT2D eigenvalue weighted by Gasteiger charge is -2.47. The first kappa shape index (κ1) is 21.8. The predicted molar refractivity (Wildman–Crippen MR) is 117 cm³/mol. The van der Waals surface area contributed by atoms with Gasteiger partial charge in [-0.15, -0.1) is 0 Å².